The van der Waals surface area contributed by atoms with Crippen LogP contribution in [0.2, 0.25) is 0 Å². The lowest BCUT2D eigenvalue weighted by Crippen LogP contribution is -2.28. The summed E-state index contributed by atoms with van der Waals surface area (Å²) >= 11 is 0. The van der Waals surface area contributed by atoms with E-state index in [1.165, 1.54) is 0 Å². The average Bonchev–Trinajstić information content (AvgIpc) is 2.74. The Hall–Kier alpha value is -3.60. The van der Waals surface area contributed by atoms with Crippen molar-refractivity contribution in [2.24, 2.45) is 0 Å². The molecule has 148 valence electrons. The van der Waals surface area contributed by atoms with Crippen LogP contribution in [0, 0.1) is 6.92 Å². The number of aryl methyl sites for hydroxylation is 1. The molecular weight excluding hydrogens is 364 g/mol. The predicted octanol–water partition coefficient (Wildman–Crippen LogP) is 4.75. The summed E-state index contributed by atoms with van der Waals surface area (Å²) in [6.45, 7) is 3.80. The SMILES string of the molecule is COc1ccc(C(=O)Nc2ccccc2C(=O)NC(C)c2ccccc2)cc1C. The van der Waals surface area contributed by atoms with Crippen LogP contribution in [0.5, 0.6) is 5.75 Å². The Labute approximate surface area is 170 Å². The Morgan fingerprint density at radius 2 is 1.59 bits per heavy atom. The molecule has 1 unspecified atom stereocenters. The maximum atomic E-state index is 12.8. The topological polar surface area (TPSA) is 67.4 Å². The van der Waals surface area contributed by atoms with Gasteiger partial charge in [-0.2, -0.15) is 0 Å². The number of carbonyl (C=O) groups is 2. The second-order valence-corrected chi connectivity index (χ2v) is 6.79. The maximum Gasteiger partial charge on any atom is 0.255 e. The largest absolute Gasteiger partial charge is 0.496 e. The fraction of sp³-hybridized carbons (Fsp3) is 0.167. The number of ether oxygens (including phenoxy) is 1. The fourth-order valence-electron chi connectivity index (χ4n) is 3.10. The number of carbonyl (C=O) groups excluding carboxylic acids is 2. The summed E-state index contributed by atoms with van der Waals surface area (Å²) in [5, 5.41) is 5.83. The molecule has 3 rings (SSSR count). The highest BCUT2D eigenvalue weighted by Gasteiger charge is 2.17. The molecule has 2 N–H and O–H groups in total. The van der Waals surface area contributed by atoms with E-state index in [2.05, 4.69) is 10.6 Å². The second-order valence-electron chi connectivity index (χ2n) is 6.79. The van der Waals surface area contributed by atoms with Gasteiger partial charge in [-0.3, -0.25) is 9.59 Å². The molecular formula is C24H24N2O3. The van der Waals surface area contributed by atoms with Crippen LogP contribution in [0.3, 0.4) is 0 Å². The highest BCUT2D eigenvalue weighted by molar-refractivity contribution is 6.09. The molecule has 5 heteroatoms. The van der Waals surface area contributed by atoms with Crippen LogP contribution < -0.4 is 15.4 Å². The Morgan fingerprint density at radius 3 is 2.28 bits per heavy atom. The molecule has 0 aliphatic rings. The predicted molar refractivity (Wildman–Crippen MR) is 114 cm³/mol. The zero-order valence-corrected chi connectivity index (χ0v) is 16.7. The van der Waals surface area contributed by atoms with E-state index in [4.69, 9.17) is 4.74 Å². The van der Waals surface area contributed by atoms with Crippen molar-refractivity contribution < 1.29 is 14.3 Å². The molecule has 0 heterocycles. The van der Waals surface area contributed by atoms with Crippen molar-refractivity contribution in [3.8, 4) is 5.75 Å². The molecule has 5 nitrogen and oxygen atoms in total. The molecule has 0 fully saturated rings. The summed E-state index contributed by atoms with van der Waals surface area (Å²) in [5.41, 5.74) is 3.24. The number of benzene rings is 3. The van der Waals surface area contributed by atoms with E-state index in [1.54, 1.807) is 49.6 Å². The third kappa shape index (κ3) is 4.82. The van der Waals surface area contributed by atoms with Crippen molar-refractivity contribution in [1.82, 2.24) is 5.32 Å². The van der Waals surface area contributed by atoms with Gasteiger partial charge in [0, 0.05) is 5.56 Å². The summed E-state index contributed by atoms with van der Waals surface area (Å²) in [5.74, 6) is 0.187. The van der Waals surface area contributed by atoms with E-state index in [-0.39, 0.29) is 17.9 Å². The van der Waals surface area contributed by atoms with E-state index in [0.717, 1.165) is 16.9 Å². The van der Waals surface area contributed by atoms with Crippen molar-refractivity contribution >= 4 is 17.5 Å². The lowest BCUT2D eigenvalue weighted by Gasteiger charge is -2.16. The van der Waals surface area contributed by atoms with Crippen LogP contribution in [0.1, 0.15) is 44.8 Å². The van der Waals surface area contributed by atoms with Crippen molar-refractivity contribution in [2.75, 3.05) is 12.4 Å². The number of nitrogens with one attached hydrogen (secondary N) is 2. The van der Waals surface area contributed by atoms with Gasteiger partial charge >= 0.3 is 0 Å². The van der Waals surface area contributed by atoms with Gasteiger partial charge in [-0.15, -0.1) is 0 Å². The summed E-state index contributed by atoms with van der Waals surface area (Å²) in [4.78, 5) is 25.5. The number of hydrogen-bond acceptors (Lipinski definition) is 3. The first kappa shape index (κ1) is 20.1. The minimum absolute atomic E-state index is 0.156. The Kier molecular flexibility index (Phi) is 6.29. The zero-order chi connectivity index (χ0) is 20.8. The molecule has 3 aromatic carbocycles. The van der Waals surface area contributed by atoms with Crippen molar-refractivity contribution in [3.05, 3.63) is 95.1 Å². The Balaban J connectivity index is 1.77. The molecule has 0 spiro atoms. The molecule has 0 aromatic heterocycles. The average molecular weight is 388 g/mol. The summed E-state index contributed by atoms with van der Waals surface area (Å²) in [7, 11) is 1.59. The first-order valence-corrected chi connectivity index (χ1v) is 9.40. The first-order chi connectivity index (χ1) is 14.0. The van der Waals surface area contributed by atoms with Gasteiger partial charge in [0.1, 0.15) is 5.75 Å². The maximum absolute atomic E-state index is 12.8. The van der Waals surface area contributed by atoms with Gasteiger partial charge in [-0.1, -0.05) is 42.5 Å². The number of amides is 2. The van der Waals surface area contributed by atoms with Crippen LogP contribution >= 0.6 is 0 Å². The van der Waals surface area contributed by atoms with E-state index in [0.29, 0.717) is 16.8 Å². The van der Waals surface area contributed by atoms with Crippen LogP contribution in [0.4, 0.5) is 5.69 Å². The van der Waals surface area contributed by atoms with E-state index in [1.807, 2.05) is 44.2 Å². The van der Waals surface area contributed by atoms with E-state index >= 15 is 0 Å². The number of rotatable bonds is 6. The van der Waals surface area contributed by atoms with Gasteiger partial charge < -0.3 is 15.4 Å². The number of para-hydroxylation sites is 1. The molecule has 0 bridgehead atoms. The highest BCUT2D eigenvalue weighted by atomic mass is 16.5. The number of anilines is 1. The summed E-state index contributed by atoms with van der Waals surface area (Å²) in [6, 6.07) is 21.8. The van der Waals surface area contributed by atoms with Crippen molar-refractivity contribution in [2.45, 2.75) is 19.9 Å². The molecule has 0 radical (unpaired) electrons. The molecule has 2 amide bonds. The van der Waals surface area contributed by atoms with Gasteiger partial charge in [0.15, 0.2) is 0 Å². The number of hydrogen-bond donors (Lipinski definition) is 2. The smallest absolute Gasteiger partial charge is 0.255 e. The minimum atomic E-state index is -0.285. The molecule has 3 aromatic rings. The van der Waals surface area contributed by atoms with Gasteiger partial charge in [-0.05, 0) is 55.3 Å². The van der Waals surface area contributed by atoms with E-state index < -0.39 is 0 Å². The fourth-order valence-corrected chi connectivity index (χ4v) is 3.10. The number of methoxy groups -OCH3 is 1. The summed E-state index contributed by atoms with van der Waals surface area (Å²) in [6.07, 6.45) is 0. The Bertz CT molecular complexity index is 1020. The molecule has 0 aliphatic carbocycles. The lowest BCUT2D eigenvalue weighted by atomic mass is 10.1. The van der Waals surface area contributed by atoms with Gasteiger partial charge in [-0.25, -0.2) is 0 Å². The van der Waals surface area contributed by atoms with Gasteiger partial charge in [0.05, 0.1) is 24.4 Å². The highest BCUT2D eigenvalue weighted by Crippen LogP contribution is 2.21. The third-order valence-corrected chi connectivity index (χ3v) is 4.72. The van der Waals surface area contributed by atoms with Crippen LogP contribution in [0.15, 0.2) is 72.8 Å². The van der Waals surface area contributed by atoms with Crippen LogP contribution in [0.25, 0.3) is 0 Å². The normalized spacial score (nSPS) is 11.4. The van der Waals surface area contributed by atoms with Gasteiger partial charge in [0.2, 0.25) is 0 Å². The molecule has 29 heavy (non-hydrogen) atoms. The van der Waals surface area contributed by atoms with Crippen molar-refractivity contribution in [1.29, 1.82) is 0 Å². The molecule has 1 atom stereocenters. The molecule has 0 saturated carbocycles. The van der Waals surface area contributed by atoms with Crippen LogP contribution in [-0.4, -0.2) is 18.9 Å². The summed E-state index contributed by atoms with van der Waals surface area (Å²) < 4.78 is 5.24. The van der Waals surface area contributed by atoms with Gasteiger partial charge in [0.25, 0.3) is 11.8 Å². The lowest BCUT2D eigenvalue weighted by molar-refractivity contribution is 0.0941. The van der Waals surface area contributed by atoms with E-state index in [9.17, 15) is 9.59 Å². The third-order valence-electron chi connectivity index (χ3n) is 4.72. The first-order valence-electron chi connectivity index (χ1n) is 9.40. The minimum Gasteiger partial charge on any atom is -0.496 e. The standard InChI is InChI=1S/C24H24N2O3/c1-16-15-19(13-14-22(16)29-3)23(27)26-21-12-8-7-11-20(21)24(28)25-17(2)18-9-5-4-6-10-18/h4-15,17H,1-3H3,(H,25,28)(H,26,27). The quantitative estimate of drug-likeness (QED) is 0.640. The van der Waals surface area contributed by atoms with Crippen molar-refractivity contribution in [3.63, 3.8) is 0 Å². The zero-order valence-electron chi connectivity index (χ0n) is 16.7. The molecule has 0 aliphatic heterocycles. The Morgan fingerprint density at radius 1 is 0.897 bits per heavy atom. The molecule has 0 saturated heterocycles. The monoisotopic (exact) mass is 388 g/mol. The second kappa shape index (κ2) is 9.06. The van der Waals surface area contributed by atoms with Crippen LogP contribution in [-0.2, 0) is 0 Å².